The van der Waals surface area contributed by atoms with E-state index in [-0.39, 0.29) is 5.78 Å². The summed E-state index contributed by atoms with van der Waals surface area (Å²) in [5.74, 6) is -0.954. The van der Waals surface area contributed by atoms with Crippen molar-refractivity contribution in [1.82, 2.24) is 4.90 Å². The molecule has 0 bridgehead atoms. The Balaban J connectivity index is 0.000000271. The van der Waals surface area contributed by atoms with E-state index in [9.17, 15) is 35.1 Å². The van der Waals surface area contributed by atoms with E-state index in [0.29, 0.717) is 18.6 Å². The maximum absolute atomic E-state index is 12.5. The van der Waals surface area contributed by atoms with Crippen molar-refractivity contribution in [3.63, 3.8) is 0 Å². The van der Waals surface area contributed by atoms with Crippen molar-refractivity contribution in [3.05, 3.63) is 90.5 Å². The number of fused-ring (bicyclic) bond motifs is 1. The highest BCUT2D eigenvalue weighted by atomic mass is 16.6. The van der Waals surface area contributed by atoms with Gasteiger partial charge in [0.2, 0.25) is 0 Å². The van der Waals surface area contributed by atoms with Gasteiger partial charge in [0.25, 0.3) is 11.4 Å². The summed E-state index contributed by atoms with van der Waals surface area (Å²) in [4.78, 5) is 42.7. The average Bonchev–Trinajstić information content (AvgIpc) is 2.87. The molecular weight excluding hydrogens is 484 g/mol. The van der Waals surface area contributed by atoms with E-state index in [2.05, 4.69) is 30.9 Å². The summed E-state index contributed by atoms with van der Waals surface area (Å²) in [6.07, 6.45) is 2.89. The Kier molecular flexibility index (Phi) is 10.6. The summed E-state index contributed by atoms with van der Waals surface area (Å²) < 4.78 is 0. The second-order valence-corrected chi connectivity index (χ2v) is 8.15. The van der Waals surface area contributed by atoms with Crippen molar-refractivity contribution >= 4 is 33.6 Å². The molecule has 0 radical (unpaired) electrons. The molecule has 3 rings (SSSR count). The lowest BCUT2D eigenvalue weighted by Gasteiger charge is -2.20. The third-order valence-corrected chi connectivity index (χ3v) is 5.48. The SMILES string of the molecule is CCCN(CCC)CCC(=O)c1cccc2ccccc12.O=[N+]([O-])c1cc([N+](=O)[O-])c(O)c([N+](=O)[O-])c1. The highest BCUT2D eigenvalue weighted by Gasteiger charge is 2.30. The number of non-ortho nitro benzene ring substituents is 1. The van der Waals surface area contributed by atoms with Gasteiger partial charge in [-0.1, -0.05) is 56.3 Å². The van der Waals surface area contributed by atoms with Crippen LogP contribution in [-0.2, 0) is 0 Å². The Labute approximate surface area is 212 Å². The number of carbonyl (C=O) groups is 1. The first-order chi connectivity index (χ1) is 17.6. The molecule has 0 aliphatic heterocycles. The van der Waals surface area contributed by atoms with Crippen LogP contribution in [0.2, 0.25) is 0 Å². The minimum atomic E-state index is -1.21. The van der Waals surface area contributed by atoms with Crippen LogP contribution < -0.4 is 0 Å². The van der Waals surface area contributed by atoms with Gasteiger partial charge in [0.05, 0.1) is 26.9 Å². The fourth-order valence-electron chi connectivity index (χ4n) is 3.80. The van der Waals surface area contributed by atoms with Crippen LogP contribution in [0.3, 0.4) is 0 Å². The van der Waals surface area contributed by atoms with E-state index in [1.54, 1.807) is 0 Å². The molecule has 12 heteroatoms. The second kappa shape index (κ2) is 13.6. The molecule has 1 N–H and O–H groups in total. The first-order valence-corrected chi connectivity index (χ1v) is 11.6. The number of ketones is 1. The van der Waals surface area contributed by atoms with Gasteiger partial charge in [-0.25, -0.2) is 0 Å². The van der Waals surface area contributed by atoms with Crippen molar-refractivity contribution < 1.29 is 24.7 Å². The Bertz CT molecular complexity index is 1250. The summed E-state index contributed by atoms with van der Waals surface area (Å²) in [6, 6.07) is 15.0. The van der Waals surface area contributed by atoms with Crippen LogP contribution in [0.4, 0.5) is 17.1 Å². The van der Waals surface area contributed by atoms with Gasteiger partial charge in [0.1, 0.15) is 0 Å². The Morgan fingerprint density at radius 3 is 1.86 bits per heavy atom. The van der Waals surface area contributed by atoms with Crippen LogP contribution in [0.1, 0.15) is 43.5 Å². The van der Waals surface area contributed by atoms with Gasteiger partial charge in [-0.05, 0) is 36.7 Å². The van der Waals surface area contributed by atoms with Gasteiger partial charge in [-0.3, -0.25) is 35.1 Å². The Morgan fingerprint density at radius 2 is 1.35 bits per heavy atom. The van der Waals surface area contributed by atoms with Gasteiger partial charge in [0, 0.05) is 18.5 Å². The van der Waals surface area contributed by atoms with E-state index >= 15 is 0 Å². The predicted octanol–water partition coefficient (Wildman–Crippen LogP) is 5.65. The zero-order valence-corrected chi connectivity index (χ0v) is 20.5. The smallest absolute Gasteiger partial charge is 0.324 e. The number of aromatic hydroxyl groups is 1. The molecule has 0 saturated heterocycles. The number of nitro benzene ring substituents is 3. The monoisotopic (exact) mass is 512 g/mol. The largest absolute Gasteiger partial charge is 0.497 e. The quantitative estimate of drug-likeness (QED) is 0.194. The number of nitrogens with zero attached hydrogens (tertiary/aromatic N) is 4. The third-order valence-electron chi connectivity index (χ3n) is 5.48. The van der Waals surface area contributed by atoms with E-state index in [0.717, 1.165) is 48.8 Å². The predicted molar refractivity (Wildman–Crippen MR) is 138 cm³/mol. The second-order valence-electron chi connectivity index (χ2n) is 8.15. The molecule has 12 nitrogen and oxygen atoms in total. The molecule has 0 fully saturated rings. The van der Waals surface area contributed by atoms with Crippen LogP contribution in [0.25, 0.3) is 10.8 Å². The highest BCUT2D eigenvalue weighted by Crippen LogP contribution is 2.38. The molecule has 0 unspecified atom stereocenters. The van der Waals surface area contributed by atoms with Gasteiger partial charge in [0.15, 0.2) is 5.78 Å². The topological polar surface area (TPSA) is 170 Å². The standard InChI is InChI=1S/C19H25NO.C6H3N3O7/c1-3-13-20(14-4-2)15-12-19(21)18-11-7-9-16-8-5-6-10-17(16)18;10-6-4(8(13)14)1-3(7(11)12)2-5(6)9(15)16/h5-11H,3-4,12-15H2,1-2H3;1-2,10H. The zero-order chi connectivity index (χ0) is 27.5. The molecule has 0 aliphatic rings. The van der Waals surface area contributed by atoms with Gasteiger partial charge in [-0.2, -0.15) is 0 Å². The number of phenols is 1. The maximum Gasteiger partial charge on any atom is 0.324 e. The number of Topliss-reactive ketones (excluding diaryl/α,β-unsaturated/α-hetero) is 1. The number of hydrogen-bond acceptors (Lipinski definition) is 9. The van der Waals surface area contributed by atoms with E-state index in [1.165, 1.54) is 0 Å². The molecule has 3 aromatic rings. The molecular formula is C25H28N4O8. The molecule has 0 saturated carbocycles. The van der Waals surface area contributed by atoms with Crippen molar-refractivity contribution in [2.24, 2.45) is 0 Å². The van der Waals surface area contributed by atoms with Gasteiger partial charge in [-0.15, -0.1) is 0 Å². The number of rotatable bonds is 11. The molecule has 0 heterocycles. The number of hydrogen-bond donors (Lipinski definition) is 1. The number of benzene rings is 3. The molecule has 0 aromatic heterocycles. The summed E-state index contributed by atoms with van der Waals surface area (Å²) >= 11 is 0. The van der Waals surface area contributed by atoms with Gasteiger partial charge >= 0.3 is 11.4 Å². The molecule has 0 spiro atoms. The van der Waals surface area contributed by atoms with Crippen LogP contribution in [0, 0.1) is 30.3 Å². The van der Waals surface area contributed by atoms with Crippen molar-refractivity contribution in [2.75, 3.05) is 19.6 Å². The van der Waals surface area contributed by atoms with Crippen LogP contribution in [0.5, 0.6) is 5.75 Å². The van der Waals surface area contributed by atoms with Crippen molar-refractivity contribution in [3.8, 4) is 5.75 Å². The van der Waals surface area contributed by atoms with Gasteiger partial charge < -0.3 is 10.0 Å². The minimum absolute atomic E-state index is 0.254. The first-order valence-electron chi connectivity index (χ1n) is 11.6. The summed E-state index contributed by atoms with van der Waals surface area (Å²) in [5.41, 5.74) is -2.14. The van der Waals surface area contributed by atoms with Crippen LogP contribution in [-0.4, -0.2) is 50.2 Å². The van der Waals surface area contributed by atoms with Crippen LogP contribution in [0.15, 0.2) is 54.6 Å². The Morgan fingerprint density at radius 1 is 0.811 bits per heavy atom. The number of phenolic OH excluding ortho intramolecular Hbond substituents is 1. The number of carbonyl (C=O) groups excluding carboxylic acids is 1. The summed E-state index contributed by atoms with van der Waals surface area (Å²) in [7, 11) is 0. The minimum Gasteiger partial charge on any atom is -0.497 e. The first kappa shape index (κ1) is 28.8. The van der Waals surface area contributed by atoms with E-state index in [4.69, 9.17) is 5.11 Å². The third kappa shape index (κ3) is 7.77. The normalized spacial score (nSPS) is 10.6. The average molecular weight is 513 g/mol. The van der Waals surface area contributed by atoms with E-state index in [1.807, 2.05) is 30.3 Å². The lowest BCUT2D eigenvalue weighted by atomic mass is 10.00. The Hall–Kier alpha value is -4.45. The fourth-order valence-corrected chi connectivity index (χ4v) is 3.80. The lowest BCUT2D eigenvalue weighted by Crippen LogP contribution is -2.28. The molecule has 0 aliphatic carbocycles. The summed E-state index contributed by atoms with van der Waals surface area (Å²) in [6.45, 7) is 7.40. The molecule has 0 atom stereocenters. The van der Waals surface area contributed by atoms with Crippen LogP contribution >= 0.6 is 0 Å². The molecule has 196 valence electrons. The number of nitro groups is 3. The highest BCUT2D eigenvalue weighted by molar-refractivity contribution is 6.08. The molecule has 0 amide bonds. The maximum atomic E-state index is 12.5. The zero-order valence-electron chi connectivity index (χ0n) is 20.5. The van der Waals surface area contributed by atoms with E-state index < -0.39 is 37.6 Å². The summed E-state index contributed by atoms with van der Waals surface area (Å²) in [5, 5.41) is 42.4. The lowest BCUT2D eigenvalue weighted by molar-refractivity contribution is -0.404. The van der Waals surface area contributed by atoms with Crippen molar-refractivity contribution in [2.45, 2.75) is 33.1 Å². The molecule has 37 heavy (non-hydrogen) atoms. The van der Waals surface area contributed by atoms with Crippen molar-refractivity contribution in [1.29, 1.82) is 0 Å². The fraction of sp³-hybridized carbons (Fsp3) is 0.320. The molecule has 3 aromatic carbocycles.